The van der Waals surface area contributed by atoms with Gasteiger partial charge in [-0.15, -0.1) is 0 Å². The van der Waals surface area contributed by atoms with E-state index in [0.717, 1.165) is 31.8 Å². The van der Waals surface area contributed by atoms with Gasteiger partial charge in [0, 0.05) is 19.1 Å². The van der Waals surface area contributed by atoms with Crippen LogP contribution in [0.5, 0.6) is 0 Å². The van der Waals surface area contributed by atoms with Crippen molar-refractivity contribution in [3.8, 4) is 0 Å². The van der Waals surface area contributed by atoms with Crippen LogP contribution in [0.1, 0.15) is 51.9 Å². The van der Waals surface area contributed by atoms with Crippen LogP contribution in [0.2, 0.25) is 0 Å². The molecule has 1 heterocycles. The first-order valence-corrected chi connectivity index (χ1v) is 6.87. The first kappa shape index (κ1) is 11.7. The highest BCUT2D eigenvalue weighted by atomic mass is 16.2. The number of urea groups is 1. The van der Waals surface area contributed by atoms with Crippen LogP contribution < -0.4 is 5.32 Å². The Balaban J connectivity index is 1.99. The maximum absolute atomic E-state index is 11.9. The monoisotopic (exact) mass is 224 g/mol. The SMILES string of the molecule is CCC(C1CCCCC1)N1CCCNC1=O. The summed E-state index contributed by atoms with van der Waals surface area (Å²) in [6, 6.07) is 0.657. The Bertz CT molecular complexity index is 236. The lowest BCUT2D eigenvalue weighted by molar-refractivity contribution is 0.116. The molecular formula is C13H24N2O. The summed E-state index contributed by atoms with van der Waals surface area (Å²) in [6.45, 7) is 4.04. The average molecular weight is 224 g/mol. The standard InChI is InChI=1S/C13H24N2O/c1-2-12(11-7-4-3-5-8-11)15-10-6-9-14-13(15)16/h11-12H,2-10H2,1H3,(H,14,16). The Morgan fingerprint density at radius 1 is 1.31 bits per heavy atom. The number of hydrogen-bond donors (Lipinski definition) is 1. The number of rotatable bonds is 3. The van der Waals surface area contributed by atoms with Crippen molar-refractivity contribution in [2.75, 3.05) is 13.1 Å². The molecule has 1 N–H and O–H groups in total. The van der Waals surface area contributed by atoms with E-state index in [0.29, 0.717) is 6.04 Å². The normalized spacial score (nSPS) is 25.3. The molecule has 0 aromatic carbocycles. The van der Waals surface area contributed by atoms with E-state index < -0.39 is 0 Å². The predicted octanol–water partition coefficient (Wildman–Crippen LogP) is 2.76. The van der Waals surface area contributed by atoms with Gasteiger partial charge in [0.2, 0.25) is 0 Å². The van der Waals surface area contributed by atoms with Gasteiger partial charge in [-0.2, -0.15) is 0 Å². The molecule has 1 aliphatic carbocycles. The maximum Gasteiger partial charge on any atom is 0.317 e. The number of nitrogens with one attached hydrogen (secondary N) is 1. The van der Waals surface area contributed by atoms with Gasteiger partial charge < -0.3 is 10.2 Å². The van der Waals surface area contributed by atoms with Crippen molar-refractivity contribution in [3.05, 3.63) is 0 Å². The fraction of sp³-hybridized carbons (Fsp3) is 0.923. The van der Waals surface area contributed by atoms with Crippen LogP contribution in [0.4, 0.5) is 4.79 Å². The Morgan fingerprint density at radius 3 is 2.69 bits per heavy atom. The predicted molar refractivity (Wildman–Crippen MR) is 65.4 cm³/mol. The van der Waals surface area contributed by atoms with Crippen LogP contribution in [-0.2, 0) is 0 Å². The van der Waals surface area contributed by atoms with Crippen molar-refractivity contribution in [2.24, 2.45) is 5.92 Å². The van der Waals surface area contributed by atoms with E-state index in [1.807, 2.05) is 0 Å². The lowest BCUT2D eigenvalue weighted by Crippen LogP contribution is -2.53. The summed E-state index contributed by atoms with van der Waals surface area (Å²) < 4.78 is 0. The first-order valence-electron chi connectivity index (χ1n) is 6.87. The van der Waals surface area contributed by atoms with Crippen molar-refractivity contribution in [2.45, 2.75) is 57.9 Å². The van der Waals surface area contributed by atoms with E-state index in [1.54, 1.807) is 0 Å². The zero-order valence-electron chi connectivity index (χ0n) is 10.4. The molecule has 1 aliphatic heterocycles. The first-order chi connectivity index (χ1) is 7.83. The van der Waals surface area contributed by atoms with Crippen molar-refractivity contribution in [3.63, 3.8) is 0 Å². The highest BCUT2D eigenvalue weighted by molar-refractivity contribution is 5.75. The third-order valence-electron chi connectivity index (χ3n) is 4.13. The molecule has 0 bridgehead atoms. The molecule has 0 aromatic rings. The molecule has 3 heteroatoms. The second-order valence-electron chi connectivity index (χ2n) is 5.15. The van der Waals surface area contributed by atoms with E-state index in [1.165, 1.54) is 32.1 Å². The minimum Gasteiger partial charge on any atom is -0.338 e. The fourth-order valence-electron chi connectivity index (χ4n) is 3.29. The van der Waals surface area contributed by atoms with Gasteiger partial charge >= 0.3 is 6.03 Å². The largest absolute Gasteiger partial charge is 0.338 e. The summed E-state index contributed by atoms with van der Waals surface area (Å²) in [5.74, 6) is 0.752. The zero-order valence-corrected chi connectivity index (χ0v) is 10.4. The van der Waals surface area contributed by atoms with Gasteiger partial charge in [-0.3, -0.25) is 0 Å². The van der Waals surface area contributed by atoms with Gasteiger partial charge in [0.25, 0.3) is 0 Å². The number of nitrogens with zero attached hydrogens (tertiary/aromatic N) is 1. The highest BCUT2D eigenvalue weighted by Gasteiger charge is 2.31. The Labute approximate surface area is 98.6 Å². The highest BCUT2D eigenvalue weighted by Crippen LogP contribution is 2.31. The number of carbonyl (C=O) groups is 1. The summed E-state index contributed by atoms with van der Waals surface area (Å²) in [5.41, 5.74) is 0. The molecule has 2 rings (SSSR count). The van der Waals surface area contributed by atoms with Crippen LogP contribution in [0.3, 0.4) is 0 Å². The average Bonchev–Trinajstić information content (AvgIpc) is 2.34. The summed E-state index contributed by atoms with van der Waals surface area (Å²) >= 11 is 0. The van der Waals surface area contributed by atoms with Gasteiger partial charge in [0.1, 0.15) is 0 Å². The van der Waals surface area contributed by atoms with Gasteiger partial charge in [0.15, 0.2) is 0 Å². The van der Waals surface area contributed by atoms with E-state index >= 15 is 0 Å². The summed E-state index contributed by atoms with van der Waals surface area (Å²) in [5, 5.41) is 2.97. The molecule has 2 fully saturated rings. The third kappa shape index (κ3) is 2.50. The molecule has 1 saturated carbocycles. The molecule has 16 heavy (non-hydrogen) atoms. The lowest BCUT2D eigenvalue weighted by Gasteiger charge is -2.40. The Morgan fingerprint density at radius 2 is 2.06 bits per heavy atom. The maximum atomic E-state index is 11.9. The molecule has 92 valence electrons. The minimum absolute atomic E-state index is 0.170. The number of amides is 2. The van der Waals surface area contributed by atoms with Crippen LogP contribution in [0.15, 0.2) is 0 Å². The van der Waals surface area contributed by atoms with Crippen LogP contribution in [0, 0.1) is 5.92 Å². The molecule has 1 saturated heterocycles. The quantitative estimate of drug-likeness (QED) is 0.785. The second kappa shape index (κ2) is 5.55. The molecular weight excluding hydrogens is 200 g/mol. The lowest BCUT2D eigenvalue weighted by atomic mass is 9.82. The molecule has 0 spiro atoms. The molecule has 1 atom stereocenters. The van der Waals surface area contributed by atoms with E-state index in [2.05, 4.69) is 17.1 Å². The van der Waals surface area contributed by atoms with Crippen molar-refractivity contribution in [1.82, 2.24) is 10.2 Å². The van der Waals surface area contributed by atoms with Gasteiger partial charge in [-0.05, 0) is 31.6 Å². The summed E-state index contributed by atoms with van der Waals surface area (Å²) in [4.78, 5) is 13.9. The third-order valence-corrected chi connectivity index (χ3v) is 4.13. The Hall–Kier alpha value is -0.730. The number of hydrogen-bond acceptors (Lipinski definition) is 1. The van der Waals surface area contributed by atoms with E-state index in [9.17, 15) is 4.79 Å². The molecule has 0 aromatic heterocycles. The molecule has 2 amide bonds. The van der Waals surface area contributed by atoms with E-state index in [-0.39, 0.29) is 6.03 Å². The van der Waals surface area contributed by atoms with Crippen molar-refractivity contribution < 1.29 is 4.79 Å². The van der Waals surface area contributed by atoms with Gasteiger partial charge in [-0.25, -0.2) is 4.79 Å². The van der Waals surface area contributed by atoms with Crippen LogP contribution >= 0.6 is 0 Å². The molecule has 0 radical (unpaired) electrons. The van der Waals surface area contributed by atoms with Gasteiger partial charge in [0.05, 0.1) is 0 Å². The molecule has 2 aliphatic rings. The fourth-order valence-corrected chi connectivity index (χ4v) is 3.29. The van der Waals surface area contributed by atoms with Crippen LogP contribution in [0.25, 0.3) is 0 Å². The summed E-state index contributed by atoms with van der Waals surface area (Å²) in [6.07, 6.45) is 8.96. The second-order valence-corrected chi connectivity index (χ2v) is 5.15. The topological polar surface area (TPSA) is 32.3 Å². The zero-order chi connectivity index (χ0) is 11.4. The Kier molecular flexibility index (Phi) is 4.08. The van der Waals surface area contributed by atoms with Crippen LogP contribution in [-0.4, -0.2) is 30.1 Å². The van der Waals surface area contributed by atoms with Gasteiger partial charge in [-0.1, -0.05) is 26.2 Å². The number of carbonyl (C=O) groups excluding carboxylic acids is 1. The van der Waals surface area contributed by atoms with Crippen molar-refractivity contribution >= 4 is 6.03 Å². The smallest absolute Gasteiger partial charge is 0.317 e. The molecule has 3 nitrogen and oxygen atoms in total. The molecule has 1 unspecified atom stereocenters. The minimum atomic E-state index is 0.170. The van der Waals surface area contributed by atoms with E-state index in [4.69, 9.17) is 0 Å². The van der Waals surface area contributed by atoms with Crippen molar-refractivity contribution in [1.29, 1.82) is 0 Å². The summed E-state index contributed by atoms with van der Waals surface area (Å²) in [7, 11) is 0.